The van der Waals surface area contributed by atoms with Crippen molar-refractivity contribution in [1.29, 1.82) is 0 Å². The van der Waals surface area contributed by atoms with Crippen LogP contribution < -0.4 is 4.74 Å². The summed E-state index contributed by atoms with van der Waals surface area (Å²) in [5, 5.41) is 88.7. The maximum absolute atomic E-state index is 12.7. The lowest BCUT2D eigenvalue weighted by Gasteiger charge is -2.39. The molecule has 1 aliphatic rings. The number of ketones is 1. The molecule has 12 nitrogen and oxygen atoms in total. The number of aliphatic hydroxyl groups excluding tert-OH is 4. The van der Waals surface area contributed by atoms with Crippen molar-refractivity contribution in [1.82, 2.24) is 0 Å². The van der Waals surface area contributed by atoms with Gasteiger partial charge in [-0.15, -0.1) is 0 Å². The highest BCUT2D eigenvalue weighted by molar-refractivity contribution is 6.02. The second kappa shape index (κ2) is 9.68. The molecule has 1 aliphatic heterocycles. The Balaban J connectivity index is 1.83. The molecule has 9 N–H and O–H groups in total. The maximum Gasteiger partial charge on any atom is 0.229 e. The average Bonchev–Trinajstić information content (AvgIpc) is 2.77. The molecule has 0 aliphatic carbocycles. The summed E-state index contributed by atoms with van der Waals surface area (Å²) in [6.07, 6.45) is -8.57. The first kappa shape index (κ1) is 24.4. The standard InChI is InChI=1S/C21H24O12/c22-7-14-16(28)18(30)19(31)21(32-14)33-20-13(27)6-12(26)15(17(20)29)10(24)4-2-8-1-3-9(23)11(25)5-8/h1,3,5-6,14,16,18-19,21-23,25-31H,2,4,7H2/t14-,16-,18+,19-,21+/m1/s1. The normalized spacial score (nSPS) is 25.0. The van der Waals surface area contributed by atoms with Crippen molar-refractivity contribution in [2.24, 2.45) is 0 Å². The fourth-order valence-corrected chi connectivity index (χ4v) is 3.40. The fraction of sp³-hybridized carbons (Fsp3) is 0.381. The quantitative estimate of drug-likeness (QED) is 0.180. The number of hydrogen-bond donors (Lipinski definition) is 9. The minimum Gasteiger partial charge on any atom is -0.507 e. The van der Waals surface area contributed by atoms with E-state index in [-0.39, 0.29) is 24.3 Å². The largest absolute Gasteiger partial charge is 0.507 e. The number of phenolic OH excluding ortho intramolecular Hbond substituents is 5. The number of ether oxygens (including phenoxy) is 2. The van der Waals surface area contributed by atoms with Crippen LogP contribution in [0.4, 0.5) is 0 Å². The van der Waals surface area contributed by atoms with Crippen LogP contribution in [-0.2, 0) is 11.2 Å². The van der Waals surface area contributed by atoms with Gasteiger partial charge >= 0.3 is 0 Å². The predicted octanol–water partition coefficient (Wildman–Crippen LogP) is -0.791. The third-order valence-corrected chi connectivity index (χ3v) is 5.26. The Hall–Kier alpha value is -3.29. The molecule has 12 heteroatoms. The topological polar surface area (TPSA) is 218 Å². The Morgan fingerprint density at radius 2 is 1.58 bits per heavy atom. The minimum absolute atomic E-state index is 0.0648. The molecule has 0 spiro atoms. The van der Waals surface area contributed by atoms with Gasteiger partial charge in [-0.2, -0.15) is 0 Å². The molecule has 180 valence electrons. The van der Waals surface area contributed by atoms with E-state index < -0.39 is 71.7 Å². The molecule has 5 atom stereocenters. The van der Waals surface area contributed by atoms with Gasteiger partial charge in [-0.25, -0.2) is 0 Å². The van der Waals surface area contributed by atoms with Crippen molar-refractivity contribution >= 4 is 5.78 Å². The van der Waals surface area contributed by atoms with Gasteiger partial charge in [-0.05, 0) is 24.1 Å². The van der Waals surface area contributed by atoms with Gasteiger partial charge in [0.25, 0.3) is 0 Å². The van der Waals surface area contributed by atoms with Gasteiger partial charge in [0, 0.05) is 12.5 Å². The SMILES string of the molecule is O=C(CCc1ccc(O)c(O)c1)c1c(O)cc(O)c(O[C@@H]2O[C@H](CO)[C@@H](O)[C@H](O)[C@H]2O)c1O. The lowest BCUT2D eigenvalue weighted by Crippen LogP contribution is -2.60. The first-order valence-electron chi connectivity index (χ1n) is 9.84. The number of carbonyl (C=O) groups is 1. The zero-order chi connectivity index (χ0) is 24.4. The molecule has 0 aromatic heterocycles. The Morgan fingerprint density at radius 1 is 0.879 bits per heavy atom. The number of Topliss-reactive ketones (excluding diaryl/α,β-unsaturated/α-hetero) is 1. The summed E-state index contributed by atoms with van der Waals surface area (Å²) in [5.41, 5.74) is -0.121. The van der Waals surface area contributed by atoms with Crippen LogP contribution in [0.3, 0.4) is 0 Å². The van der Waals surface area contributed by atoms with Gasteiger partial charge in [0.05, 0.1) is 6.61 Å². The number of hydrogen-bond acceptors (Lipinski definition) is 12. The van der Waals surface area contributed by atoms with Crippen LogP contribution in [-0.4, -0.2) is 89.1 Å². The maximum atomic E-state index is 12.7. The van der Waals surface area contributed by atoms with Gasteiger partial charge in [0.2, 0.25) is 12.0 Å². The van der Waals surface area contributed by atoms with Crippen LogP contribution >= 0.6 is 0 Å². The number of rotatable bonds is 7. The summed E-state index contributed by atoms with van der Waals surface area (Å²) in [4.78, 5) is 12.7. The van der Waals surface area contributed by atoms with Crippen molar-refractivity contribution in [2.75, 3.05) is 6.61 Å². The van der Waals surface area contributed by atoms with Gasteiger partial charge in [-0.3, -0.25) is 4.79 Å². The van der Waals surface area contributed by atoms with Crippen molar-refractivity contribution < 1.29 is 60.2 Å². The average molecular weight is 468 g/mol. The monoisotopic (exact) mass is 468 g/mol. The van der Waals surface area contributed by atoms with E-state index >= 15 is 0 Å². The number of aromatic hydroxyl groups is 5. The molecule has 0 saturated carbocycles. The zero-order valence-electron chi connectivity index (χ0n) is 17.1. The van der Waals surface area contributed by atoms with Crippen molar-refractivity contribution in [3.8, 4) is 34.5 Å². The number of aryl methyl sites for hydroxylation is 1. The van der Waals surface area contributed by atoms with Crippen LogP contribution in [0.1, 0.15) is 22.3 Å². The first-order valence-corrected chi connectivity index (χ1v) is 9.84. The van der Waals surface area contributed by atoms with E-state index in [1.807, 2.05) is 0 Å². The van der Waals surface area contributed by atoms with E-state index in [2.05, 4.69) is 0 Å². The molecule has 1 saturated heterocycles. The van der Waals surface area contributed by atoms with E-state index in [1.165, 1.54) is 18.2 Å². The Morgan fingerprint density at radius 3 is 2.21 bits per heavy atom. The second-order valence-electron chi connectivity index (χ2n) is 7.53. The van der Waals surface area contributed by atoms with Gasteiger partial charge in [0.15, 0.2) is 28.8 Å². The molecule has 0 unspecified atom stereocenters. The van der Waals surface area contributed by atoms with Gasteiger partial charge in [-0.1, -0.05) is 6.07 Å². The second-order valence-corrected chi connectivity index (χ2v) is 7.53. The van der Waals surface area contributed by atoms with Crippen molar-refractivity contribution in [2.45, 2.75) is 43.5 Å². The van der Waals surface area contributed by atoms with Crippen molar-refractivity contribution in [3.05, 3.63) is 35.4 Å². The molecular formula is C21H24O12. The van der Waals surface area contributed by atoms with Gasteiger partial charge < -0.3 is 55.4 Å². The highest BCUT2D eigenvalue weighted by atomic mass is 16.7. The molecular weight excluding hydrogens is 444 g/mol. The van der Waals surface area contributed by atoms with Crippen LogP contribution in [0.25, 0.3) is 0 Å². The van der Waals surface area contributed by atoms with Crippen LogP contribution in [0, 0.1) is 0 Å². The number of phenols is 5. The summed E-state index contributed by atoms with van der Waals surface area (Å²) >= 11 is 0. The predicted molar refractivity (Wildman–Crippen MR) is 108 cm³/mol. The Bertz CT molecular complexity index is 1020. The zero-order valence-corrected chi connectivity index (χ0v) is 17.1. The van der Waals surface area contributed by atoms with E-state index in [4.69, 9.17) is 9.47 Å². The molecule has 2 aromatic rings. The van der Waals surface area contributed by atoms with E-state index in [0.29, 0.717) is 5.56 Å². The molecule has 33 heavy (non-hydrogen) atoms. The molecule has 1 heterocycles. The van der Waals surface area contributed by atoms with E-state index in [9.17, 15) is 50.8 Å². The van der Waals surface area contributed by atoms with Gasteiger partial charge in [0.1, 0.15) is 35.7 Å². The van der Waals surface area contributed by atoms with Crippen LogP contribution in [0.15, 0.2) is 24.3 Å². The van der Waals surface area contributed by atoms with E-state index in [1.54, 1.807) is 0 Å². The molecule has 3 rings (SSSR count). The summed E-state index contributed by atoms with van der Waals surface area (Å²) in [7, 11) is 0. The van der Waals surface area contributed by atoms with Crippen LogP contribution in [0.2, 0.25) is 0 Å². The lowest BCUT2D eigenvalue weighted by atomic mass is 9.99. The lowest BCUT2D eigenvalue weighted by molar-refractivity contribution is -0.277. The minimum atomic E-state index is -1.85. The highest BCUT2D eigenvalue weighted by Gasteiger charge is 2.45. The highest BCUT2D eigenvalue weighted by Crippen LogP contribution is 2.45. The Kier molecular flexibility index (Phi) is 7.15. The third-order valence-electron chi connectivity index (χ3n) is 5.26. The molecule has 0 bridgehead atoms. The Labute approximate surface area is 186 Å². The number of carbonyl (C=O) groups excluding carboxylic acids is 1. The summed E-state index contributed by atoms with van der Waals surface area (Å²) < 4.78 is 10.4. The first-order chi connectivity index (χ1) is 15.5. The third kappa shape index (κ3) is 4.89. The summed E-state index contributed by atoms with van der Waals surface area (Å²) in [6.45, 7) is -0.741. The van der Waals surface area contributed by atoms with Crippen molar-refractivity contribution in [3.63, 3.8) is 0 Å². The molecule has 2 aromatic carbocycles. The smallest absolute Gasteiger partial charge is 0.229 e. The number of aliphatic hydroxyl groups is 4. The number of benzene rings is 2. The molecule has 0 radical (unpaired) electrons. The summed E-state index contributed by atoms with van der Waals surface area (Å²) in [5.74, 6) is -4.78. The molecule has 0 amide bonds. The van der Waals surface area contributed by atoms with E-state index in [0.717, 1.165) is 6.07 Å². The summed E-state index contributed by atoms with van der Waals surface area (Å²) in [6, 6.07) is 4.66. The van der Waals surface area contributed by atoms with Crippen LogP contribution in [0.5, 0.6) is 34.5 Å². The fourth-order valence-electron chi connectivity index (χ4n) is 3.40. The molecule has 1 fully saturated rings.